The van der Waals surface area contributed by atoms with Gasteiger partial charge >= 0.3 is 0 Å². The third-order valence-electron chi connectivity index (χ3n) is 6.32. The molecule has 1 aromatic heterocycles. The number of hydrogen-bond acceptors (Lipinski definition) is 8. The summed E-state index contributed by atoms with van der Waals surface area (Å²) in [6.07, 6.45) is 3.01. The van der Waals surface area contributed by atoms with Crippen LogP contribution in [-0.2, 0) is 0 Å². The summed E-state index contributed by atoms with van der Waals surface area (Å²) < 4.78 is 12.5. The van der Waals surface area contributed by atoms with Gasteiger partial charge in [0.25, 0.3) is 0 Å². The first-order valence-electron chi connectivity index (χ1n) is 11.4. The summed E-state index contributed by atoms with van der Waals surface area (Å²) in [6.45, 7) is 5.79. The zero-order valence-corrected chi connectivity index (χ0v) is 19.4. The van der Waals surface area contributed by atoms with Crippen LogP contribution in [0.1, 0.15) is 52.6 Å². The minimum Gasteiger partial charge on any atom is -0.484 e. The number of para-hydroxylation sites is 1. The van der Waals surface area contributed by atoms with Gasteiger partial charge in [0.05, 0.1) is 0 Å². The van der Waals surface area contributed by atoms with E-state index in [4.69, 9.17) is 20.2 Å². The smallest absolute Gasteiger partial charge is 0.233 e. The number of carbonyl (C=O) groups is 1. The van der Waals surface area contributed by atoms with Gasteiger partial charge in [-0.1, -0.05) is 36.5 Å². The lowest BCUT2D eigenvalue weighted by atomic mass is 9.93. The van der Waals surface area contributed by atoms with E-state index in [9.17, 15) is 4.79 Å². The first-order chi connectivity index (χ1) is 16.1. The van der Waals surface area contributed by atoms with Gasteiger partial charge in [-0.3, -0.25) is 9.69 Å². The number of ether oxygens (including phenoxy) is 2. The second-order valence-corrected chi connectivity index (χ2v) is 9.53. The highest BCUT2D eigenvalue weighted by Crippen LogP contribution is 2.52. The Hall–Kier alpha value is -3.10. The number of nitrogens with zero attached hydrogens (tertiary/aromatic N) is 2. The normalized spacial score (nSPS) is 19.8. The number of rotatable bonds is 8. The van der Waals surface area contributed by atoms with E-state index in [1.165, 1.54) is 24.2 Å². The van der Waals surface area contributed by atoms with Crippen LogP contribution < -0.4 is 20.5 Å². The Kier molecular flexibility index (Phi) is 6.20. The number of anilines is 3. The molecular weight excluding hydrogens is 436 g/mol. The number of thiazole rings is 1. The van der Waals surface area contributed by atoms with Crippen molar-refractivity contribution in [1.82, 2.24) is 9.88 Å². The molecule has 3 aromatic rings. The molecule has 0 bridgehead atoms. The average Bonchev–Trinajstić information content (AvgIpc) is 3.55. The van der Waals surface area contributed by atoms with E-state index in [0.717, 1.165) is 47.2 Å². The SMILES string of the molecule is CC1c2c(ccc(C=O)c2N)OC1c1sc(Nc2ccccc2)nc1OCCN1CCCC1. The van der Waals surface area contributed by atoms with Gasteiger partial charge in [-0.2, -0.15) is 4.98 Å². The highest BCUT2D eigenvalue weighted by atomic mass is 32.1. The molecule has 5 rings (SSSR count). The fourth-order valence-corrected chi connectivity index (χ4v) is 5.62. The van der Waals surface area contributed by atoms with E-state index in [1.54, 1.807) is 6.07 Å². The number of nitrogens with one attached hydrogen (secondary N) is 1. The molecule has 0 radical (unpaired) electrons. The Balaban J connectivity index is 1.41. The summed E-state index contributed by atoms with van der Waals surface area (Å²) in [7, 11) is 0. The molecule has 8 heteroatoms. The predicted octanol–water partition coefficient (Wildman–Crippen LogP) is 4.99. The van der Waals surface area contributed by atoms with E-state index in [-0.39, 0.29) is 12.0 Å². The van der Waals surface area contributed by atoms with E-state index in [1.807, 2.05) is 36.4 Å². The minimum absolute atomic E-state index is 0.0362. The summed E-state index contributed by atoms with van der Waals surface area (Å²) in [5, 5.41) is 4.13. The molecule has 172 valence electrons. The lowest BCUT2D eigenvalue weighted by molar-refractivity contribution is 0.112. The molecule has 2 unspecified atom stereocenters. The predicted molar refractivity (Wildman–Crippen MR) is 131 cm³/mol. The largest absolute Gasteiger partial charge is 0.484 e. The van der Waals surface area contributed by atoms with Gasteiger partial charge in [0.1, 0.15) is 23.3 Å². The van der Waals surface area contributed by atoms with Gasteiger partial charge in [-0.05, 0) is 50.2 Å². The van der Waals surface area contributed by atoms with Gasteiger partial charge in [-0.15, -0.1) is 0 Å². The molecule has 0 amide bonds. The number of aromatic nitrogens is 1. The van der Waals surface area contributed by atoms with Crippen molar-refractivity contribution in [3.63, 3.8) is 0 Å². The molecule has 33 heavy (non-hydrogen) atoms. The second-order valence-electron chi connectivity index (χ2n) is 8.50. The Morgan fingerprint density at radius 3 is 2.79 bits per heavy atom. The van der Waals surface area contributed by atoms with E-state index < -0.39 is 0 Å². The number of nitrogen functional groups attached to an aromatic ring is 1. The van der Waals surface area contributed by atoms with Crippen molar-refractivity contribution in [3.05, 3.63) is 58.5 Å². The Morgan fingerprint density at radius 1 is 1.24 bits per heavy atom. The molecule has 2 aliphatic rings. The topological polar surface area (TPSA) is 89.7 Å². The fraction of sp³-hybridized carbons (Fsp3) is 0.360. The molecule has 2 aromatic carbocycles. The first kappa shape index (κ1) is 21.7. The van der Waals surface area contributed by atoms with Crippen molar-refractivity contribution in [1.29, 1.82) is 0 Å². The number of likely N-dealkylation sites (tertiary alicyclic amines) is 1. The van der Waals surface area contributed by atoms with Gasteiger partial charge in [-0.25, -0.2) is 0 Å². The summed E-state index contributed by atoms with van der Waals surface area (Å²) in [5.74, 6) is 1.27. The van der Waals surface area contributed by atoms with Crippen molar-refractivity contribution in [2.24, 2.45) is 0 Å². The van der Waals surface area contributed by atoms with Gasteiger partial charge in [0.15, 0.2) is 11.4 Å². The molecule has 7 nitrogen and oxygen atoms in total. The quantitative estimate of drug-likeness (QED) is 0.358. The third kappa shape index (κ3) is 4.41. The van der Waals surface area contributed by atoms with Gasteiger partial charge in [0, 0.05) is 35.0 Å². The summed E-state index contributed by atoms with van der Waals surface area (Å²) in [5.41, 5.74) is 9.11. The first-order valence-corrected chi connectivity index (χ1v) is 12.2. The maximum Gasteiger partial charge on any atom is 0.233 e. The van der Waals surface area contributed by atoms with Crippen LogP contribution >= 0.6 is 11.3 Å². The molecule has 1 saturated heterocycles. The van der Waals surface area contributed by atoms with Crippen LogP contribution in [0.2, 0.25) is 0 Å². The van der Waals surface area contributed by atoms with Gasteiger partial charge < -0.3 is 20.5 Å². The average molecular weight is 465 g/mol. The van der Waals surface area contributed by atoms with Crippen LogP contribution in [0.15, 0.2) is 42.5 Å². The van der Waals surface area contributed by atoms with Crippen LogP contribution in [0, 0.1) is 0 Å². The van der Waals surface area contributed by atoms with Crippen LogP contribution in [0.4, 0.5) is 16.5 Å². The molecule has 0 aliphatic carbocycles. The Labute approximate surface area is 197 Å². The molecule has 2 atom stereocenters. The Morgan fingerprint density at radius 2 is 2.03 bits per heavy atom. The van der Waals surface area contributed by atoms with Crippen LogP contribution in [0.3, 0.4) is 0 Å². The molecule has 1 fully saturated rings. The zero-order valence-electron chi connectivity index (χ0n) is 18.6. The van der Waals surface area contributed by atoms with E-state index in [0.29, 0.717) is 29.5 Å². The lowest BCUT2D eigenvalue weighted by Gasteiger charge is -2.17. The van der Waals surface area contributed by atoms with Gasteiger partial charge in [0.2, 0.25) is 5.88 Å². The molecular formula is C25H28N4O3S. The number of carbonyl (C=O) groups excluding carboxylic acids is 1. The molecule has 0 spiro atoms. The standard InChI is InChI=1S/C25H28N4O3S/c1-16-20-19(10-9-17(15-30)21(20)26)32-22(16)23-24(31-14-13-29-11-5-6-12-29)28-25(33-23)27-18-7-3-2-4-8-18/h2-4,7-10,15-16,22H,5-6,11-14,26H2,1H3,(H,27,28). The molecule has 0 saturated carbocycles. The van der Waals surface area contributed by atoms with Crippen molar-refractivity contribution >= 4 is 34.1 Å². The van der Waals surface area contributed by atoms with Crippen LogP contribution in [-0.4, -0.2) is 42.4 Å². The van der Waals surface area contributed by atoms with Crippen molar-refractivity contribution in [2.45, 2.75) is 31.8 Å². The number of nitrogens with two attached hydrogens (primary N) is 1. The fourth-order valence-electron chi connectivity index (χ4n) is 4.56. The second kappa shape index (κ2) is 9.41. The van der Waals surface area contributed by atoms with Crippen molar-refractivity contribution in [3.8, 4) is 11.6 Å². The van der Waals surface area contributed by atoms with Crippen molar-refractivity contribution in [2.75, 3.05) is 37.3 Å². The highest BCUT2D eigenvalue weighted by Gasteiger charge is 2.38. The minimum atomic E-state index is -0.283. The number of hydrogen-bond donors (Lipinski definition) is 2. The Bertz CT molecular complexity index is 1130. The van der Waals surface area contributed by atoms with E-state index in [2.05, 4.69) is 17.1 Å². The van der Waals surface area contributed by atoms with Crippen LogP contribution in [0.25, 0.3) is 0 Å². The monoisotopic (exact) mass is 464 g/mol. The summed E-state index contributed by atoms with van der Waals surface area (Å²) >= 11 is 1.53. The van der Waals surface area contributed by atoms with Crippen LogP contribution in [0.5, 0.6) is 11.6 Å². The highest BCUT2D eigenvalue weighted by molar-refractivity contribution is 7.16. The zero-order chi connectivity index (χ0) is 22.8. The third-order valence-corrected chi connectivity index (χ3v) is 7.33. The van der Waals surface area contributed by atoms with Crippen molar-refractivity contribution < 1.29 is 14.3 Å². The molecule has 3 N–H and O–H groups in total. The summed E-state index contributed by atoms with van der Waals surface area (Å²) in [4.78, 5) is 19.5. The lowest BCUT2D eigenvalue weighted by Crippen LogP contribution is -2.25. The molecule has 3 heterocycles. The molecule has 2 aliphatic heterocycles. The summed E-state index contributed by atoms with van der Waals surface area (Å²) in [6, 6.07) is 13.5. The number of aldehydes is 1. The van der Waals surface area contributed by atoms with E-state index >= 15 is 0 Å². The number of benzene rings is 2. The maximum absolute atomic E-state index is 11.4. The maximum atomic E-state index is 11.4. The number of fused-ring (bicyclic) bond motifs is 1.